The number of unbranched alkanes of at least 4 members (excludes halogenated alkanes) is 1. The van der Waals surface area contributed by atoms with Crippen molar-refractivity contribution in [2.45, 2.75) is 26.3 Å². The van der Waals surface area contributed by atoms with E-state index in [0.29, 0.717) is 23.8 Å². The summed E-state index contributed by atoms with van der Waals surface area (Å²) in [6, 6.07) is 15.1. The van der Waals surface area contributed by atoms with Crippen LogP contribution in [0.5, 0.6) is 5.75 Å². The van der Waals surface area contributed by atoms with Crippen molar-refractivity contribution in [3.05, 3.63) is 64.1 Å². The third kappa shape index (κ3) is 6.48. The number of ether oxygens (including phenoxy) is 1. The lowest BCUT2D eigenvalue weighted by molar-refractivity contribution is 0.0976. The van der Waals surface area contributed by atoms with Crippen molar-refractivity contribution in [2.24, 2.45) is 0 Å². The molecule has 0 fully saturated rings. The van der Waals surface area contributed by atoms with Gasteiger partial charge < -0.3 is 10.1 Å². The minimum atomic E-state index is -0.258. The average Bonchev–Trinajstić information content (AvgIpc) is 2.62. The second kappa shape index (κ2) is 10.2. The Balaban J connectivity index is 1.87. The fraction of sp³-hybridized carbons (Fsp3) is 0.263. The predicted octanol–water partition coefficient (Wildman–Crippen LogP) is 4.43. The zero-order valence-electron chi connectivity index (χ0n) is 14.0. The molecule has 0 atom stereocenters. The van der Waals surface area contributed by atoms with E-state index in [0.717, 1.165) is 28.6 Å². The van der Waals surface area contributed by atoms with Crippen LogP contribution in [0, 0.1) is 0 Å². The van der Waals surface area contributed by atoms with Crippen molar-refractivity contribution in [3.63, 3.8) is 0 Å². The molecule has 0 spiro atoms. The average molecular weight is 421 g/mol. The van der Waals surface area contributed by atoms with Gasteiger partial charge in [0.05, 0.1) is 11.1 Å². The van der Waals surface area contributed by atoms with E-state index >= 15 is 0 Å². The standard InChI is InChI=1S/C19H21BrN2O2S/c1-2-3-11-24-17-10-9-15(12-16(17)20)18(23)22-19(25)21-13-14-7-5-4-6-8-14/h4-10,12H,2-3,11,13H2,1H3,(H2,21,22,23,25). The molecule has 4 nitrogen and oxygen atoms in total. The Hall–Kier alpha value is -1.92. The highest BCUT2D eigenvalue weighted by Gasteiger charge is 2.11. The Kier molecular flexibility index (Phi) is 7.88. The highest BCUT2D eigenvalue weighted by Crippen LogP contribution is 2.26. The first kappa shape index (κ1) is 19.4. The summed E-state index contributed by atoms with van der Waals surface area (Å²) in [5.41, 5.74) is 1.61. The number of amides is 1. The summed E-state index contributed by atoms with van der Waals surface area (Å²) in [6.45, 7) is 3.34. The number of rotatable bonds is 7. The highest BCUT2D eigenvalue weighted by molar-refractivity contribution is 9.10. The molecule has 0 unspecified atom stereocenters. The first-order chi connectivity index (χ1) is 12.1. The summed E-state index contributed by atoms with van der Waals surface area (Å²) in [6.07, 6.45) is 2.07. The molecule has 0 saturated carbocycles. The molecule has 0 aromatic heterocycles. The van der Waals surface area contributed by atoms with Gasteiger partial charge in [-0.1, -0.05) is 43.7 Å². The number of hydrogen-bond acceptors (Lipinski definition) is 3. The molecule has 0 bridgehead atoms. The van der Waals surface area contributed by atoms with Crippen LogP contribution in [0.2, 0.25) is 0 Å². The lowest BCUT2D eigenvalue weighted by Gasteiger charge is -2.11. The predicted molar refractivity (Wildman–Crippen MR) is 108 cm³/mol. The Morgan fingerprint density at radius 3 is 2.64 bits per heavy atom. The highest BCUT2D eigenvalue weighted by atomic mass is 79.9. The minimum absolute atomic E-state index is 0.258. The summed E-state index contributed by atoms with van der Waals surface area (Å²) in [5.74, 6) is 0.473. The van der Waals surface area contributed by atoms with Gasteiger partial charge in [-0.25, -0.2) is 0 Å². The molecule has 25 heavy (non-hydrogen) atoms. The fourth-order valence-corrected chi connectivity index (χ4v) is 2.74. The van der Waals surface area contributed by atoms with Gasteiger partial charge >= 0.3 is 0 Å². The van der Waals surface area contributed by atoms with Crippen LogP contribution in [0.25, 0.3) is 0 Å². The monoisotopic (exact) mass is 420 g/mol. The van der Waals surface area contributed by atoms with Gasteiger partial charge in [0.25, 0.3) is 5.91 Å². The molecule has 0 radical (unpaired) electrons. The molecule has 0 aliphatic rings. The number of hydrogen-bond donors (Lipinski definition) is 2. The van der Waals surface area contributed by atoms with Gasteiger partial charge in [0.2, 0.25) is 0 Å². The second-order valence-corrected chi connectivity index (χ2v) is 6.73. The fourth-order valence-electron chi connectivity index (χ4n) is 2.08. The molecule has 0 aliphatic heterocycles. The molecule has 132 valence electrons. The molecular formula is C19H21BrN2O2S. The van der Waals surface area contributed by atoms with Crippen LogP contribution < -0.4 is 15.4 Å². The normalized spacial score (nSPS) is 10.2. The Morgan fingerprint density at radius 1 is 1.20 bits per heavy atom. The van der Waals surface area contributed by atoms with Crippen molar-refractivity contribution in [1.82, 2.24) is 10.6 Å². The third-order valence-corrected chi connectivity index (χ3v) is 4.34. The summed E-state index contributed by atoms with van der Waals surface area (Å²) in [4.78, 5) is 12.3. The lowest BCUT2D eigenvalue weighted by atomic mass is 10.2. The first-order valence-corrected chi connectivity index (χ1v) is 9.35. The van der Waals surface area contributed by atoms with Gasteiger partial charge in [-0.15, -0.1) is 0 Å². The minimum Gasteiger partial charge on any atom is -0.492 e. The smallest absolute Gasteiger partial charge is 0.257 e. The summed E-state index contributed by atoms with van der Waals surface area (Å²) < 4.78 is 6.41. The molecule has 2 rings (SSSR count). The molecule has 0 saturated heterocycles. The van der Waals surface area contributed by atoms with E-state index in [-0.39, 0.29) is 5.91 Å². The maximum absolute atomic E-state index is 12.3. The number of halogens is 1. The van der Waals surface area contributed by atoms with Crippen LogP contribution >= 0.6 is 28.1 Å². The zero-order valence-corrected chi connectivity index (χ0v) is 16.5. The first-order valence-electron chi connectivity index (χ1n) is 8.15. The van der Waals surface area contributed by atoms with Gasteiger partial charge in [0, 0.05) is 12.1 Å². The van der Waals surface area contributed by atoms with Gasteiger partial charge in [0.1, 0.15) is 5.75 Å². The Bertz CT molecular complexity index is 723. The second-order valence-electron chi connectivity index (χ2n) is 5.47. The third-order valence-electron chi connectivity index (χ3n) is 3.47. The summed E-state index contributed by atoms with van der Waals surface area (Å²) in [5, 5.41) is 6.01. The number of carbonyl (C=O) groups excluding carboxylic acids is 1. The van der Waals surface area contributed by atoms with E-state index in [9.17, 15) is 4.79 Å². The van der Waals surface area contributed by atoms with Crippen LogP contribution in [-0.2, 0) is 6.54 Å². The van der Waals surface area contributed by atoms with Crippen LogP contribution in [0.3, 0.4) is 0 Å². The van der Waals surface area contributed by atoms with E-state index < -0.39 is 0 Å². The van der Waals surface area contributed by atoms with Crippen LogP contribution in [0.4, 0.5) is 0 Å². The molecule has 1 amide bonds. The number of carbonyl (C=O) groups is 1. The van der Waals surface area contributed by atoms with Gasteiger partial charge in [-0.05, 0) is 58.3 Å². The van der Waals surface area contributed by atoms with E-state index in [1.165, 1.54) is 0 Å². The van der Waals surface area contributed by atoms with E-state index in [1.54, 1.807) is 18.2 Å². The largest absolute Gasteiger partial charge is 0.492 e. The summed E-state index contributed by atoms with van der Waals surface area (Å²) in [7, 11) is 0. The van der Waals surface area contributed by atoms with Gasteiger partial charge in [-0.3, -0.25) is 10.1 Å². The topological polar surface area (TPSA) is 50.4 Å². The maximum atomic E-state index is 12.3. The van der Waals surface area contributed by atoms with Crippen molar-refractivity contribution in [2.75, 3.05) is 6.61 Å². The molecule has 0 heterocycles. The van der Waals surface area contributed by atoms with Crippen molar-refractivity contribution >= 4 is 39.2 Å². The van der Waals surface area contributed by atoms with Gasteiger partial charge in [-0.2, -0.15) is 0 Å². The lowest BCUT2D eigenvalue weighted by Crippen LogP contribution is -2.38. The molecule has 2 aromatic rings. The Labute approximate surface area is 162 Å². The van der Waals surface area contributed by atoms with Crippen LogP contribution in [-0.4, -0.2) is 17.6 Å². The van der Waals surface area contributed by atoms with Crippen LogP contribution in [0.15, 0.2) is 53.0 Å². The van der Waals surface area contributed by atoms with E-state index in [1.807, 2.05) is 30.3 Å². The number of benzene rings is 2. The molecule has 2 N–H and O–H groups in total. The number of thiocarbonyl (C=S) groups is 1. The van der Waals surface area contributed by atoms with E-state index in [4.69, 9.17) is 17.0 Å². The van der Waals surface area contributed by atoms with Crippen molar-refractivity contribution in [1.29, 1.82) is 0 Å². The maximum Gasteiger partial charge on any atom is 0.257 e. The van der Waals surface area contributed by atoms with E-state index in [2.05, 4.69) is 33.5 Å². The quantitative estimate of drug-likeness (QED) is 0.513. The molecule has 6 heteroatoms. The van der Waals surface area contributed by atoms with Crippen molar-refractivity contribution < 1.29 is 9.53 Å². The molecule has 0 aliphatic carbocycles. The van der Waals surface area contributed by atoms with Gasteiger partial charge in [0.15, 0.2) is 5.11 Å². The zero-order chi connectivity index (χ0) is 18.1. The molecular weight excluding hydrogens is 400 g/mol. The Morgan fingerprint density at radius 2 is 1.96 bits per heavy atom. The SMILES string of the molecule is CCCCOc1ccc(C(=O)NC(=S)NCc2ccccc2)cc1Br. The summed E-state index contributed by atoms with van der Waals surface area (Å²) >= 11 is 8.62. The number of nitrogens with one attached hydrogen (secondary N) is 2. The van der Waals surface area contributed by atoms with Crippen LogP contribution in [0.1, 0.15) is 35.7 Å². The van der Waals surface area contributed by atoms with Crippen molar-refractivity contribution in [3.8, 4) is 5.75 Å². The molecule has 2 aromatic carbocycles.